The van der Waals surface area contributed by atoms with Gasteiger partial charge in [-0.15, -0.1) is 24.0 Å². The fourth-order valence-corrected chi connectivity index (χ4v) is 3.99. The molecule has 1 aromatic heterocycles. The van der Waals surface area contributed by atoms with Gasteiger partial charge in [-0.1, -0.05) is 19.4 Å². The molecule has 0 aromatic carbocycles. The first-order valence-electron chi connectivity index (χ1n) is 12.1. The van der Waals surface area contributed by atoms with Gasteiger partial charge in [0.1, 0.15) is 0 Å². The number of guanidine groups is 1. The molecule has 7 nitrogen and oxygen atoms in total. The Hall–Kier alpha value is -1.13. The first-order valence-corrected chi connectivity index (χ1v) is 12.1. The molecule has 1 atom stereocenters. The molecule has 3 heterocycles. The number of hydrogen-bond donors (Lipinski definition) is 1. The van der Waals surface area contributed by atoms with Crippen molar-refractivity contribution in [3.8, 4) is 5.88 Å². The first kappa shape index (κ1) is 27.1. The summed E-state index contributed by atoms with van der Waals surface area (Å²) in [7, 11) is 0. The van der Waals surface area contributed by atoms with Crippen molar-refractivity contribution in [1.82, 2.24) is 15.2 Å². The van der Waals surface area contributed by atoms with Crippen molar-refractivity contribution < 1.29 is 14.2 Å². The van der Waals surface area contributed by atoms with Gasteiger partial charge in [0.05, 0.1) is 32.0 Å². The van der Waals surface area contributed by atoms with Crippen LogP contribution in [0.15, 0.2) is 23.3 Å². The van der Waals surface area contributed by atoms with E-state index in [2.05, 4.69) is 35.1 Å². The van der Waals surface area contributed by atoms with E-state index in [1.807, 2.05) is 6.07 Å². The summed E-state index contributed by atoms with van der Waals surface area (Å²) in [6.45, 7) is 9.91. The maximum Gasteiger partial charge on any atom is 0.218 e. The van der Waals surface area contributed by atoms with E-state index >= 15 is 0 Å². The van der Waals surface area contributed by atoms with Gasteiger partial charge >= 0.3 is 0 Å². The van der Waals surface area contributed by atoms with Crippen molar-refractivity contribution in [2.45, 2.75) is 77.5 Å². The molecule has 0 spiro atoms. The second-order valence-electron chi connectivity index (χ2n) is 8.35. The maximum atomic E-state index is 6.17. The number of ether oxygens (including phenoxy) is 3. The number of aliphatic imine (C=N–C) groups is 1. The molecule has 3 rings (SSSR count). The SMILES string of the molecule is CCCCOc1ncccc1CN=C(NCC)N1CCC(OCC2CCCCO2)CC1.I. The lowest BCUT2D eigenvalue weighted by molar-refractivity contribution is -0.0721. The molecule has 1 unspecified atom stereocenters. The zero-order valence-electron chi connectivity index (χ0n) is 19.8. The van der Waals surface area contributed by atoms with E-state index < -0.39 is 0 Å². The van der Waals surface area contributed by atoms with E-state index in [4.69, 9.17) is 19.2 Å². The highest BCUT2D eigenvalue weighted by Crippen LogP contribution is 2.19. The fourth-order valence-electron chi connectivity index (χ4n) is 3.99. The number of pyridine rings is 1. The second kappa shape index (κ2) is 15.7. The standard InChI is InChI=1S/C24H40N4O3.HI/c1-3-5-16-30-23-20(9-8-13-26-23)18-27-24(25-4-2)28-14-11-21(12-15-28)31-19-22-10-6-7-17-29-22;/h8-9,13,21-22H,3-7,10-12,14-19H2,1-2H3,(H,25,27);1H. The van der Waals surface area contributed by atoms with Gasteiger partial charge in [-0.3, -0.25) is 0 Å². The van der Waals surface area contributed by atoms with E-state index in [1.165, 1.54) is 12.8 Å². The molecule has 1 aromatic rings. The van der Waals surface area contributed by atoms with Crippen molar-refractivity contribution in [2.75, 3.05) is 39.5 Å². The fraction of sp³-hybridized carbons (Fsp3) is 0.750. The Morgan fingerprint density at radius 1 is 1.25 bits per heavy atom. The van der Waals surface area contributed by atoms with E-state index in [0.717, 1.165) is 76.5 Å². The quantitative estimate of drug-likeness (QED) is 0.198. The Morgan fingerprint density at radius 3 is 2.81 bits per heavy atom. The lowest BCUT2D eigenvalue weighted by Crippen LogP contribution is -2.47. The highest BCUT2D eigenvalue weighted by Gasteiger charge is 2.24. The zero-order valence-corrected chi connectivity index (χ0v) is 22.1. The number of rotatable bonds is 10. The summed E-state index contributed by atoms with van der Waals surface area (Å²) in [5.74, 6) is 1.66. The normalized spacial score (nSPS) is 20.0. The molecule has 8 heteroatoms. The van der Waals surface area contributed by atoms with Crippen LogP contribution in [0.3, 0.4) is 0 Å². The third-order valence-corrected chi connectivity index (χ3v) is 5.85. The number of halogens is 1. The van der Waals surface area contributed by atoms with Gasteiger partial charge in [0.15, 0.2) is 5.96 Å². The molecule has 2 aliphatic heterocycles. The van der Waals surface area contributed by atoms with Gasteiger partial charge in [-0.25, -0.2) is 9.98 Å². The van der Waals surface area contributed by atoms with Gasteiger partial charge in [0, 0.05) is 38.0 Å². The van der Waals surface area contributed by atoms with Gasteiger partial charge in [0.2, 0.25) is 5.88 Å². The van der Waals surface area contributed by atoms with E-state index in [-0.39, 0.29) is 24.0 Å². The number of nitrogens with one attached hydrogen (secondary N) is 1. The summed E-state index contributed by atoms with van der Waals surface area (Å²) in [6.07, 6.45) is 10.2. The molecule has 0 bridgehead atoms. The van der Waals surface area contributed by atoms with Crippen molar-refractivity contribution in [2.24, 2.45) is 4.99 Å². The molecule has 2 fully saturated rings. The maximum absolute atomic E-state index is 6.17. The molecule has 2 aliphatic rings. The molecule has 0 saturated carbocycles. The van der Waals surface area contributed by atoms with Crippen LogP contribution in [0.4, 0.5) is 0 Å². The summed E-state index contributed by atoms with van der Waals surface area (Å²) in [5.41, 5.74) is 1.03. The number of aromatic nitrogens is 1. The highest BCUT2D eigenvalue weighted by molar-refractivity contribution is 14.0. The number of likely N-dealkylation sites (tertiary alicyclic amines) is 1. The van der Waals surface area contributed by atoms with Crippen LogP contribution in [-0.4, -0.2) is 67.5 Å². The Kier molecular flexibility index (Phi) is 13.3. The van der Waals surface area contributed by atoms with Crippen molar-refractivity contribution in [3.63, 3.8) is 0 Å². The minimum atomic E-state index is 0. The summed E-state index contributed by atoms with van der Waals surface area (Å²) in [6, 6.07) is 4.00. The molecule has 0 amide bonds. The minimum absolute atomic E-state index is 0. The molecule has 2 saturated heterocycles. The Labute approximate surface area is 210 Å². The van der Waals surface area contributed by atoms with Gasteiger partial charge in [-0.2, -0.15) is 0 Å². The van der Waals surface area contributed by atoms with E-state index in [0.29, 0.717) is 31.2 Å². The first-order chi connectivity index (χ1) is 15.3. The molecule has 1 N–H and O–H groups in total. The van der Waals surface area contributed by atoms with Crippen LogP contribution in [-0.2, 0) is 16.0 Å². The molecule has 0 radical (unpaired) electrons. The Bertz CT molecular complexity index is 662. The third kappa shape index (κ3) is 9.02. The van der Waals surface area contributed by atoms with Gasteiger partial charge in [0.25, 0.3) is 0 Å². The Morgan fingerprint density at radius 2 is 2.09 bits per heavy atom. The predicted molar refractivity (Wildman–Crippen MR) is 139 cm³/mol. The molecular weight excluding hydrogens is 519 g/mol. The van der Waals surface area contributed by atoms with Crippen LogP contribution >= 0.6 is 24.0 Å². The lowest BCUT2D eigenvalue weighted by Gasteiger charge is -2.35. The van der Waals surface area contributed by atoms with Crippen LogP contribution in [0.25, 0.3) is 0 Å². The topological polar surface area (TPSA) is 68.2 Å². The minimum Gasteiger partial charge on any atom is -0.477 e. The average Bonchev–Trinajstić information content (AvgIpc) is 2.82. The number of hydrogen-bond acceptors (Lipinski definition) is 5. The molecule has 32 heavy (non-hydrogen) atoms. The van der Waals surface area contributed by atoms with Gasteiger partial charge in [-0.05, 0) is 51.5 Å². The summed E-state index contributed by atoms with van der Waals surface area (Å²) in [5, 5.41) is 3.45. The van der Waals surface area contributed by atoms with Crippen molar-refractivity contribution >= 4 is 29.9 Å². The smallest absolute Gasteiger partial charge is 0.218 e. The van der Waals surface area contributed by atoms with Crippen LogP contribution in [0.2, 0.25) is 0 Å². The van der Waals surface area contributed by atoms with E-state index in [1.54, 1.807) is 6.20 Å². The monoisotopic (exact) mass is 560 g/mol. The molecular formula is C24H41IN4O3. The van der Waals surface area contributed by atoms with Crippen LogP contribution < -0.4 is 10.1 Å². The van der Waals surface area contributed by atoms with Crippen LogP contribution in [0.1, 0.15) is 64.4 Å². The highest BCUT2D eigenvalue weighted by atomic mass is 127. The average molecular weight is 561 g/mol. The third-order valence-electron chi connectivity index (χ3n) is 5.85. The second-order valence-corrected chi connectivity index (χ2v) is 8.35. The molecule has 0 aliphatic carbocycles. The lowest BCUT2D eigenvalue weighted by atomic mass is 10.1. The summed E-state index contributed by atoms with van der Waals surface area (Å²) in [4.78, 5) is 11.6. The number of piperidine rings is 1. The number of nitrogens with zero attached hydrogens (tertiary/aromatic N) is 3. The van der Waals surface area contributed by atoms with Crippen LogP contribution in [0.5, 0.6) is 5.88 Å². The van der Waals surface area contributed by atoms with Crippen LogP contribution in [0, 0.1) is 0 Å². The van der Waals surface area contributed by atoms with Crippen molar-refractivity contribution in [1.29, 1.82) is 0 Å². The number of unbranched alkanes of at least 4 members (excludes halogenated alkanes) is 1. The zero-order chi connectivity index (χ0) is 21.7. The predicted octanol–water partition coefficient (Wildman–Crippen LogP) is 4.39. The van der Waals surface area contributed by atoms with E-state index in [9.17, 15) is 0 Å². The Balaban J connectivity index is 0.00000363. The van der Waals surface area contributed by atoms with Crippen molar-refractivity contribution in [3.05, 3.63) is 23.9 Å². The summed E-state index contributed by atoms with van der Waals surface area (Å²) >= 11 is 0. The molecule has 182 valence electrons. The largest absolute Gasteiger partial charge is 0.477 e. The summed E-state index contributed by atoms with van der Waals surface area (Å²) < 4.78 is 17.8. The van der Waals surface area contributed by atoms with Gasteiger partial charge < -0.3 is 24.4 Å².